The molecule has 3 atom stereocenters. The first kappa shape index (κ1) is 30.9. The second-order valence-corrected chi connectivity index (χ2v) is 7.13. The highest BCUT2D eigenvalue weighted by molar-refractivity contribution is 6.35. The third-order valence-corrected chi connectivity index (χ3v) is 4.29. The van der Waals surface area contributed by atoms with Crippen molar-refractivity contribution in [2.24, 2.45) is 5.73 Å². The summed E-state index contributed by atoms with van der Waals surface area (Å²) in [5, 5.41) is 34.0. The van der Waals surface area contributed by atoms with Crippen LogP contribution in [0.4, 0.5) is 0 Å². The molecule has 0 saturated heterocycles. The Morgan fingerprint density at radius 1 is 1.03 bits per heavy atom. The molecule has 198 valence electrons. The van der Waals surface area contributed by atoms with E-state index in [-0.39, 0.29) is 32.2 Å². The lowest BCUT2D eigenvalue weighted by molar-refractivity contribution is -0.789. The number of unbranched alkanes of at least 4 members (excludes halogenated alkanes) is 1. The minimum absolute atomic E-state index is 0.0107. The minimum Gasteiger partial charge on any atom is -0.480 e. The number of nitrogens with one attached hydrogen (secondary N) is 3. The molecule has 0 bridgehead atoms. The zero-order valence-electron chi connectivity index (χ0n) is 18.8. The number of aliphatic carboxylic acids is 1. The highest BCUT2D eigenvalue weighted by atomic mass is 17.0. The molecular weight excluding hydrogens is 480 g/mol. The van der Waals surface area contributed by atoms with Crippen LogP contribution in [0.2, 0.25) is 0 Å². The van der Waals surface area contributed by atoms with Gasteiger partial charge >= 0.3 is 5.97 Å². The molecular formula is C17H28N6O12. The van der Waals surface area contributed by atoms with Crippen molar-refractivity contribution in [2.75, 3.05) is 19.7 Å². The maximum absolute atomic E-state index is 12.4. The molecule has 35 heavy (non-hydrogen) atoms. The van der Waals surface area contributed by atoms with Gasteiger partial charge in [0.2, 0.25) is 17.6 Å². The Labute approximate surface area is 198 Å². The number of amides is 3. The summed E-state index contributed by atoms with van der Waals surface area (Å²) in [5.41, 5.74) is 5.31. The van der Waals surface area contributed by atoms with Crippen LogP contribution in [0.25, 0.3) is 0 Å². The van der Waals surface area contributed by atoms with Gasteiger partial charge in [-0.15, -0.1) is 20.2 Å². The maximum Gasteiger partial charge on any atom is 0.320 e. The number of carbonyl (C=O) groups is 5. The first-order valence-corrected chi connectivity index (χ1v) is 10.3. The predicted octanol–water partition coefficient (Wildman–Crippen LogP) is -2.56. The molecule has 0 spiro atoms. The molecule has 0 aromatic heterocycles. The zero-order valence-corrected chi connectivity index (χ0v) is 18.8. The highest BCUT2D eigenvalue weighted by Gasteiger charge is 2.24. The van der Waals surface area contributed by atoms with Gasteiger partial charge in [-0.25, -0.2) is 0 Å². The Kier molecular flexibility index (Phi) is 14.6. The SMILES string of the molecule is CC(=O)C(=O)N[C@@H](CCCCNC(=O)CC[C@H](N)C(=O)O)C(=O)NC[C@H](CO[N+](=O)[O-])O[N+](=O)[O-]. The molecule has 0 aliphatic heterocycles. The summed E-state index contributed by atoms with van der Waals surface area (Å²) in [7, 11) is 0. The van der Waals surface area contributed by atoms with Gasteiger partial charge in [0.1, 0.15) is 24.8 Å². The Morgan fingerprint density at radius 3 is 2.23 bits per heavy atom. The second-order valence-electron chi connectivity index (χ2n) is 7.13. The van der Waals surface area contributed by atoms with Crippen LogP contribution in [-0.4, -0.2) is 82.6 Å². The largest absolute Gasteiger partial charge is 0.480 e. The maximum atomic E-state index is 12.4. The van der Waals surface area contributed by atoms with Crippen LogP contribution in [0.1, 0.15) is 39.0 Å². The van der Waals surface area contributed by atoms with Crippen molar-refractivity contribution in [3.8, 4) is 0 Å². The fourth-order valence-corrected chi connectivity index (χ4v) is 2.46. The standard InChI is InChI=1S/C17H28N6O12/c1-10(24)15(26)21-13(4-2-3-7-19-14(25)6-5-12(18)17(28)29)16(27)20-8-11(35-23(32)33)9-34-22(30)31/h11-13H,2-9,18H2,1H3,(H,19,25)(H,20,27)(H,21,26)(H,28,29)/t11-,12+,13+/m1/s1. The number of nitrogens with zero attached hydrogens (tertiary/aromatic N) is 2. The molecule has 0 aromatic carbocycles. The summed E-state index contributed by atoms with van der Waals surface area (Å²) in [4.78, 5) is 86.6. The van der Waals surface area contributed by atoms with E-state index in [0.717, 1.165) is 6.92 Å². The summed E-state index contributed by atoms with van der Waals surface area (Å²) in [6, 6.07) is -2.39. The monoisotopic (exact) mass is 508 g/mol. The quantitative estimate of drug-likeness (QED) is 0.0520. The third kappa shape index (κ3) is 15.4. The van der Waals surface area contributed by atoms with Crippen molar-refractivity contribution < 1.29 is 48.9 Å². The Bertz CT molecular complexity index is 792. The lowest BCUT2D eigenvalue weighted by atomic mass is 10.1. The summed E-state index contributed by atoms with van der Waals surface area (Å²) in [5.74, 6) is -4.41. The summed E-state index contributed by atoms with van der Waals surface area (Å²) in [6.45, 7) is -0.274. The summed E-state index contributed by atoms with van der Waals surface area (Å²) < 4.78 is 0. The molecule has 0 radical (unpaired) electrons. The number of Topliss-reactive ketones (excluding diaryl/α,β-unsaturated/α-hetero) is 1. The fraction of sp³-hybridized carbons (Fsp3) is 0.706. The van der Waals surface area contributed by atoms with E-state index in [2.05, 4.69) is 25.6 Å². The van der Waals surface area contributed by atoms with Crippen molar-refractivity contribution in [3.63, 3.8) is 0 Å². The smallest absolute Gasteiger partial charge is 0.320 e. The number of carboxylic acids is 1. The van der Waals surface area contributed by atoms with Crippen LogP contribution in [0.5, 0.6) is 0 Å². The normalized spacial score (nSPS) is 12.9. The van der Waals surface area contributed by atoms with E-state index >= 15 is 0 Å². The van der Waals surface area contributed by atoms with Gasteiger partial charge in [-0.1, -0.05) is 0 Å². The minimum atomic E-state index is -1.52. The summed E-state index contributed by atoms with van der Waals surface area (Å²) in [6.07, 6.45) is -1.02. The van der Waals surface area contributed by atoms with Crippen molar-refractivity contribution >= 4 is 29.5 Å². The average molecular weight is 508 g/mol. The predicted molar refractivity (Wildman–Crippen MR) is 112 cm³/mol. The lowest BCUT2D eigenvalue weighted by Gasteiger charge is -2.20. The van der Waals surface area contributed by atoms with Crippen molar-refractivity contribution in [1.29, 1.82) is 0 Å². The average Bonchev–Trinajstić information content (AvgIpc) is 2.77. The third-order valence-electron chi connectivity index (χ3n) is 4.29. The number of ketones is 1. The lowest BCUT2D eigenvalue weighted by Crippen LogP contribution is -2.50. The van der Waals surface area contributed by atoms with Gasteiger partial charge in [0.15, 0.2) is 0 Å². The van der Waals surface area contributed by atoms with Gasteiger partial charge in [0.25, 0.3) is 16.1 Å². The van der Waals surface area contributed by atoms with Crippen LogP contribution in [0.3, 0.4) is 0 Å². The van der Waals surface area contributed by atoms with Crippen LogP contribution in [0, 0.1) is 20.2 Å². The van der Waals surface area contributed by atoms with E-state index in [0.29, 0.717) is 6.42 Å². The highest BCUT2D eigenvalue weighted by Crippen LogP contribution is 2.03. The topological polar surface area (TPSA) is 272 Å². The second kappa shape index (κ2) is 16.5. The van der Waals surface area contributed by atoms with Crippen molar-refractivity contribution in [1.82, 2.24) is 16.0 Å². The Hall–Kier alpha value is -4.09. The van der Waals surface area contributed by atoms with Crippen LogP contribution < -0.4 is 21.7 Å². The molecule has 0 saturated carbocycles. The number of carbonyl (C=O) groups excluding carboxylic acids is 4. The van der Waals surface area contributed by atoms with Crippen LogP contribution in [0.15, 0.2) is 0 Å². The Balaban J connectivity index is 4.72. The van der Waals surface area contributed by atoms with Crippen molar-refractivity contribution in [2.45, 2.75) is 57.2 Å². The van der Waals surface area contributed by atoms with E-state index in [4.69, 9.17) is 10.8 Å². The van der Waals surface area contributed by atoms with Crippen LogP contribution >= 0.6 is 0 Å². The van der Waals surface area contributed by atoms with Gasteiger partial charge in [0, 0.05) is 26.4 Å². The Morgan fingerprint density at radius 2 is 1.69 bits per heavy atom. The van der Waals surface area contributed by atoms with E-state index in [9.17, 15) is 44.2 Å². The zero-order chi connectivity index (χ0) is 27.0. The molecule has 0 rings (SSSR count). The molecule has 0 fully saturated rings. The van der Waals surface area contributed by atoms with E-state index in [1.165, 1.54) is 0 Å². The fourth-order valence-electron chi connectivity index (χ4n) is 2.46. The van der Waals surface area contributed by atoms with E-state index in [1.807, 2.05) is 0 Å². The molecule has 0 unspecified atom stereocenters. The van der Waals surface area contributed by atoms with Gasteiger partial charge in [0.05, 0.1) is 0 Å². The van der Waals surface area contributed by atoms with E-state index in [1.54, 1.807) is 0 Å². The number of nitrogens with two attached hydrogens (primary N) is 1. The molecule has 18 heteroatoms. The van der Waals surface area contributed by atoms with Gasteiger partial charge < -0.3 is 36.5 Å². The molecule has 3 amide bonds. The first-order valence-electron chi connectivity index (χ1n) is 10.3. The van der Waals surface area contributed by atoms with Gasteiger partial charge in [-0.05, 0) is 25.7 Å². The number of hydrogen-bond acceptors (Lipinski definition) is 12. The van der Waals surface area contributed by atoms with E-state index < -0.39 is 71.0 Å². The molecule has 18 nitrogen and oxygen atoms in total. The van der Waals surface area contributed by atoms with Crippen molar-refractivity contribution in [3.05, 3.63) is 20.2 Å². The number of rotatable bonds is 19. The van der Waals surface area contributed by atoms with Gasteiger partial charge in [-0.3, -0.25) is 24.0 Å². The molecule has 6 N–H and O–H groups in total. The molecule has 0 aliphatic carbocycles. The number of carboxylic acid groups (broad SMARTS) is 1. The number of hydrogen-bond donors (Lipinski definition) is 5. The van der Waals surface area contributed by atoms with Crippen LogP contribution in [-0.2, 0) is 33.6 Å². The molecule has 0 heterocycles. The molecule has 0 aromatic rings. The first-order chi connectivity index (χ1) is 16.3. The summed E-state index contributed by atoms with van der Waals surface area (Å²) >= 11 is 0. The van der Waals surface area contributed by atoms with Gasteiger partial charge in [-0.2, -0.15) is 0 Å². The molecule has 0 aliphatic rings.